The summed E-state index contributed by atoms with van der Waals surface area (Å²) in [4.78, 5) is 44.4. The van der Waals surface area contributed by atoms with Crippen LogP contribution >= 0.6 is 8.53 Å². The van der Waals surface area contributed by atoms with Crippen molar-refractivity contribution in [1.82, 2.24) is 14.2 Å². The highest BCUT2D eigenvalue weighted by molar-refractivity contribution is 7.44. The van der Waals surface area contributed by atoms with Gasteiger partial charge in [-0.15, -0.1) is 0 Å². The van der Waals surface area contributed by atoms with E-state index in [9.17, 15) is 14.4 Å². The first-order valence-electron chi connectivity index (χ1n) is 24.6. The quantitative estimate of drug-likeness (QED) is 0.0270. The first-order valence-corrected chi connectivity index (χ1v) is 25.7. The van der Waals surface area contributed by atoms with Crippen LogP contribution in [0.15, 0.2) is 143 Å². The number of carbonyl (C=O) groups is 1. The molecule has 1 N–H and O–H groups in total. The van der Waals surface area contributed by atoms with Crippen molar-refractivity contribution in [2.24, 2.45) is 0 Å². The average molecular weight is 995 g/mol. The van der Waals surface area contributed by atoms with Crippen molar-refractivity contribution >= 4 is 20.1 Å². The minimum Gasteiger partial charge on any atom is -0.497 e. The smallest absolute Gasteiger partial charge is 0.328 e. The molecule has 6 aromatic rings. The second kappa shape index (κ2) is 25.3. The molecule has 0 saturated heterocycles. The zero-order valence-corrected chi connectivity index (χ0v) is 43.5. The van der Waals surface area contributed by atoms with Crippen molar-refractivity contribution in [2.75, 3.05) is 39.4 Å². The van der Waals surface area contributed by atoms with Gasteiger partial charge in [-0.25, -0.2) is 9.46 Å². The number of nitrogens with one attached hydrogen (secondary N) is 1. The standard InChI is InChI=1S/C58H67N4O9P/c1-41(2)62(42(3)4)72(70-36-18-10-13-25-55(63)61-38-46-21-15-14-19-44(46)26-27-45-20-16-17-24-52(45)61)71-53(39-60-37-43(5)56(64)59-57(60)65)54(68-8)40-69-58(47-22-11-9-12-23-47,48-28-32-50(66-6)33-29-48)49-30-34-51(67-7)35-31-49/h9,11-12,14-17,19-24,28-35,37,41-42,53-54H,10,13,18,25,36,38-40H2,1-8H3,(H,59,64,65). The molecule has 0 bridgehead atoms. The Balaban J connectivity index is 1.15. The Morgan fingerprint density at radius 3 is 1.93 bits per heavy atom. The first kappa shape index (κ1) is 53.4. The number of benzene rings is 5. The third kappa shape index (κ3) is 12.8. The van der Waals surface area contributed by atoms with Gasteiger partial charge in [0.15, 0.2) is 0 Å². The Morgan fingerprint density at radius 1 is 0.722 bits per heavy atom. The van der Waals surface area contributed by atoms with Gasteiger partial charge in [-0.2, -0.15) is 0 Å². The number of para-hydroxylation sites is 1. The maximum atomic E-state index is 14.0. The molecule has 0 saturated carbocycles. The van der Waals surface area contributed by atoms with E-state index in [0.717, 1.165) is 45.5 Å². The fourth-order valence-corrected chi connectivity index (χ4v) is 10.8. The van der Waals surface area contributed by atoms with Gasteiger partial charge in [0.25, 0.3) is 14.1 Å². The molecule has 2 heterocycles. The van der Waals surface area contributed by atoms with E-state index in [1.807, 2.05) is 132 Å². The summed E-state index contributed by atoms with van der Waals surface area (Å²) in [6.45, 7) is 10.8. The highest BCUT2D eigenvalue weighted by atomic mass is 31.2. The minimum absolute atomic E-state index is 0.00570. The van der Waals surface area contributed by atoms with Crippen molar-refractivity contribution in [1.29, 1.82) is 0 Å². The number of fused-ring (bicyclic) bond motifs is 2. The molecule has 0 spiro atoms. The van der Waals surface area contributed by atoms with E-state index in [1.54, 1.807) is 34.4 Å². The Bertz CT molecular complexity index is 2840. The van der Waals surface area contributed by atoms with E-state index >= 15 is 0 Å². The number of aromatic amines is 1. The SMILES string of the molecule is COc1ccc(C(OCC(OC)C(Cn2cc(C)c(=O)[nH]c2=O)OP(OCCCCCC(=O)N2Cc3ccccc3C#Cc3ccccc32)N(C(C)C)C(C)C)(c2ccccc2)c2ccc(OC)cc2)cc1. The molecule has 1 aliphatic rings. The van der Waals surface area contributed by atoms with E-state index in [1.165, 1.54) is 4.57 Å². The van der Waals surface area contributed by atoms with Crippen LogP contribution in [0.4, 0.5) is 5.69 Å². The molecule has 1 amide bonds. The molecule has 14 heteroatoms. The fourth-order valence-electron chi connectivity index (χ4n) is 9.06. The number of nitrogens with zero attached hydrogens (tertiary/aromatic N) is 3. The Morgan fingerprint density at radius 2 is 1.31 bits per heavy atom. The monoisotopic (exact) mass is 994 g/mol. The summed E-state index contributed by atoms with van der Waals surface area (Å²) in [5, 5.41) is 0. The summed E-state index contributed by atoms with van der Waals surface area (Å²) in [6.07, 6.45) is 2.37. The van der Waals surface area contributed by atoms with Gasteiger partial charge >= 0.3 is 5.69 Å². The molecule has 3 unspecified atom stereocenters. The van der Waals surface area contributed by atoms with Crippen LogP contribution in [0.1, 0.15) is 92.3 Å². The fraction of sp³-hybridized carbons (Fsp3) is 0.362. The van der Waals surface area contributed by atoms with E-state index in [0.29, 0.717) is 49.5 Å². The van der Waals surface area contributed by atoms with Crippen molar-refractivity contribution in [3.63, 3.8) is 0 Å². The van der Waals surface area contributed by atoms with Crippen molar-refractivity contribution < 1.29 is 32.8 Å². The number of carbonyl (C=O) groups excluding carboxylic acids is 1. The number of anilines is 1. The maximum absolute atomic E-state index is 14.0. The zero-order chi connectivity index (χ0) is 51.2. The second-order valence-corrected chi connectivity index (χ2v) is 19.7. The zero-order valence-electron chi connectivity index (χ0n) is 42.6. The largest absolute Gasteiger partial charge is 0.497 e. The average Bonchev–Trinajstić information content (AvgIpc) is 3.38. The predicted molar refractivity (Wildman–Crippen MR) is 283 cm³/mol. The van der Waals surface area contributed by atoms with Gasteiger partial charge < -0.3 is 32.9 Å². The van der Waals surface area contributed by atoms with Gasteiger partial charge in [-0.05, 0) is 112 Å². The Labute approximate surface area is 425 Å². The van der Waals surface area contributed by atoms with Gasteiger partial charge in [-0.3, -0.25) is 19.1 Å². The van der Waals surface area contributed by atoms with Crippen molar-refractivity contribution in [3.8, 4) is 23.3 Å². The minimum atomic E-state index is -1.79. The molecule has 5 aromatic carbocycles. The highest BCUT2D eigenvalue weighted by Crippen LogP contribution is 2.49. The lowest BCUT2D eigenvalue weighted by Gasteiger charge is -2.40. The summed E-state index contributed by atoms with van der Waals surface area (Å²) in [5.41, 5.74) is 4.28. The molecular formula is C58H67N4O9P. The summed E-state index contributed by atoms with van der Waals surface area (Å²) in [7, 11) is 3.07. The molecule has 0 aliphatic carbocycles. The van der Waals surface area contributed by atoms with Crippen LogP contribution < -0.4 is 25.6 Å². The van der Waals surface area contributed by atoms with Gasteiger partial charge in [0.2, 0.25) is 5.91 Å². The lowest BCUT2D eigenvalue weighted by Crippen LogP contribution is -2.45. The van der Waals surface area contributed by atoms with Crippen molar-refractivity contribution in [3.05, 3.63) is 193 Å². The summed E-state index contributed by atoms with van der Waals surface area (Å²) in [6, 6.07) is 41.4. The molecular weight excluding hydrogens is 928 g/mol. The van der Waals surface area contributed by atoms with E-state index in [-0.39, 0.29) is 31.1 Å². The van der Waals surface area contributed by atoms with Crippen LogP contribution in [0.25, 0.3) is 0 Å². The number of rotatable bonds is 24. The molecule has 0 fully saturated rings. The van der Waals surface area contributed by atoms with Crippen LogP contribution in [0.5, 0.6) is 11.5 Å². The van der Waals surface area contributed by atoms with Crippen LogP contribution in [0.2, 0.25) is 0 Å². The lowest BCUT2D eigenvalue weighted by molar-refractivity contribution is -0.118. The third-order valence-corrected chi connectivity index (χ3v) is 15.0. The third-order valence-electron chi connectivity index (χ3n) is 12.8. The van der Waals surface area contributed by atoms with Crippen LogP contribution in [-0.4, -0.2) is 79.0 Å². The van der Waals surface area contributed by atoms with E-state index in [4.69, 9.17) is 28.0 Å². The number of methoxy groups -OCH3 is 3. The number of hydrogen-bond acceptors (Lipinski definition) is 10. The Kier molecular flexibility index (Phi) is 18.8. The van der Waals surface area contributed by atoms with Gasteiger partial charge in [0, 0.05) is 48.5 Å². The van der Waals surface area contributed by atoms with Gasteiger partial charge in [-0.1, -0.05) is 103 Å². The summed E-state index contributed by atoms with van der Waals surface area (Å²) >= 11 is 0. The number of amides is 1. The predicted octanol–water partition coefficient (Wildman–Crippen LogP) is 10.1. The number of aromatic nitrogens is 2. The second-order valence-electron chi connectivity index (χ2n) is 18.3. The molecule has 72 heavy (non-hydrogen) atoms. The highest BCUT2D eigenvalue weighted by Gasteiger charge is 2.41. The van der Waals surface area contributed by atoms with Gasteiger partial charge in [0.1, 0.15) is 29.3 Å². The van der Waals surface area contributed by atoms with Crippen molar-refractivity contribution in [2.45, 2.75) is 103 Å². The number of unbranched alkanes of at least 4 members (excludes halogenated alkanes) is 2. The number of ether oxygens (including phenoxy) is 4. The number of hydrogen-bond donors (Lipinski definition) is 1. The molecule has 1 aliphatic heterocycles. The van der Waals surface area contributed by atoms with Gasteiger partial charge in [0.05, 0.1) is 46.2 Å². The molecule has 7 rings (SSSR count). The summed E-state index contributed by atoms with van der Waals surface area (Å²) < 4.78 is 42.5. The topological polar surface area (TPSA) is 134 Å². The molecule has 378 valence electrons. The number of aryl methyl sites for hydroxylation is 1. The lowest BCUT2D eigenvalue weighted by atomic mass is 9.80. The first-order chi connectivity index (χ1) is 34.9. The number of H-pyrrole nitrogens is 1. The van der Waals surface area contributed by atoms with Crippen LogP contribution in [0, 0.1) is 18.8 Å². The van der Waals surface area contributed by atoms with E-state index in [2.05, 4.69) is 49.2 Å². The molecule has 1 aromatic heterocycles. The Hall–Kier alpha value is -6.36. The molecule has 3 atom stereocenters. The molecule has 0 radical (unpaired) electrons. The summed E-state index contributed by atoms with van der Waals surface area (Å²) in [5.74, 6) is 8.00. The van der Waals surface area contributed by atoms with E-state index < -0.39 is 37.6 Å². The normalized spacial score (nSPS) is 13.6. The van der Waals surface area contributed by atoms with Crippen LogP contribution in [-0.2, 0) is 42.0 Å². The maximum Gasteiger partial charge on any atom is 0.328 e. The van der Waals surface area contributed by atoms with Crippen LogP contribution in [0.3, 0.4) is 0 Å². The molecule has 13 nitrogen and oxygen atoms in total.